The van der Waals surface area contributed by atoms with Crippen LogP contribution in [0.4, 0.5) is 0 Å². The number of halogens is 1. The molecule has 0 bridgehead atoms. The van der Waals surface area contributed by atoms with Gasteiger partial charge < -0.3 is 16.0 Å². The quantitative estimate of drug-likeness (QED) is 0.0668. The van der Waals surface area contributed by atoms with E-state index in [0.29, 0.717) is 6.61 Å². The summed E-state index contributed by atoms with van der Waals surface area (Å²) >= 11 is 3.42. The van der Waals surface area contributed by atoms with E-state index in [1.54, 1.807) is 0 Å². The summed E-state index contributed by atoms with van der Waals surface area (Å²) in [5.41, 5.74) is 8.77. The Kier molecular flexibility index (Phi) is 48.0. The van der Waals surface area contributed by atoms with E-state index >= 15 is 0 Å². The molecule has 0 atom stereocenters. The second kappa shape index (κ2) is 41.8. The number of hydrogen-bond donors (Lipinski definition) is 1. The zero-order valence-electron chi connectivity index (χ0n) is 32.8. The molecule has 0 radical (unpaired) electrons. The van der Waals surface area contributed by atoms with Crippen molar-refractivity contribution < 1.29 is 45.6 Å². The van der Waals surface area contributed by atoms with Crippen LogP contribution in [0.25, 0.3) is 0 Å². The number of aliphatic hydroxyl groups excluding tert-OH is 1. The summed E-state index contributed by atoms with van der Waals surface area (Å²) in [4.78, 5) is 0. The topological polar surface area (TPSA) is 38.7 Å². The molecule has 0 aromatic rings. The minimum absolute atomic E-state index is 0. The van der Waals surface area contributed by atoms with Crippen LogP contribution < -0.4 is 29.6 Å². The summed E-state index contributed by atoms with van der Waals surface area (Å²) in [5.74, 6) is 0. The minimum atomic E-state index is 0. The normalized spacial score (nSPS) is 13.2. The standard InChI is InChI=1S/C18H32O.C15H25Br.C4H8O.C3H8O.Na.H/c1-6-14-19-15-13-18(5)12-8-11-17(4)10-7-9-16(2)3;1-13(2)7-5-8-14(3)9-6-10-15(4)11-12-16;1-2-4-5-3-1;1-2-3-4;;/h9,11,13H,6-8,10,12,14-15H2,1-5H3;7,9,11H,5-6,8,10,12H2,1-4H3;1-4H2;4H,2-3H2,1H3;;/q;;;;+1;-1/b17-11+,18-13+;14-9+,15-11+;;;;. The molecule has 1 N–H and O–H groups in total. The van der Waals surface area contributed by atoms with E-state index in [-0.39, 0.29) is 31.0 Å². The first-order chi connectivity index (χ1) is 21.0. The molecule has 0 aromatic carbocycles. The molecule has 0 saturated carbocycles. The number of allylic oxidation sites excluding steroid dienone is 11. The first kappa shape index (κ1) is 51.6. The summed E-state index contributed by atoms with van der Waals surface area (Å²) in [5, 5.41) is 8.85. The molecule has 1 rings (SSSR count). The van der Waals surface area contributed by atoms with Gasteiger partial charge in [-0.25, -0.2) is 0 Å². The predicted octanol–water partition coefficient (Wildman–Crippen LogP) is 9.93. The van der Waals surface area contributed by atoms with E-state index < -0.39 is 0 Å². The van der Waals surface area contributed by atoms with Gasteiger partial charge in [0.2, 0.25) is 0 Å². The molecule has 260 valence electrons. The predicted molar refractivity (Wildman–Crippen MR) is 204 cm³/mol. The average Bonchev–Trinajstić information content (AvgIpc) is 3.56. The van der Waals surface area contributed by atoms with Crippen LogP contribution in [0.15, 0.2) is 69.9 Å². The monoisotopic (exact) mass is 704 g/mol. The Hall–Kier alpha value is -0.200. The largest absolute Gasteiger partial charge is 1.00 e. The number of rotatable bonds is 18. The van der Waals surface area contributed by atoms with Gasteiger partial charge in [0.1, 0.15) is 0 Å². The van der Waals surface area contributed by atoms with Gasteiger partial charge >= 0.3 is 29.6 Å². The third-order valence-electron chi connectivity index (χ3n) is 6.62. The Labute approximate surface area is 314 Å². The molecule has 0 amide bonds. The van der Waals surface area contributed by atoms with Gasteiger partial charge in [0, 0.05) is 31.8 Å². The summed E-state index contributed by atoms with van der Waals surface area (Å²) in [7, 11) is 0. The van der Waals surface area contributed by atoms with Gasteiger partial charge in [0.15, 0.2) is 0 Å². The Bertz CT molecular complexity index is 807. The molecule has 0 aliphatic carbocycles. The maximum atomic E-state index is 7.88. The second-order valence-electron chi connectivity index (χ2n) is 12.2. The van der Waals surface area contributed by atoms with Crippen molar-refractivity contribution in [1.82, 2.24) is 0 Å². The molecular formula is C40H74BrNaO3. The second-order valence-corrected chi connectivity index (χ2v) is 12.8. The van der Waals surface area contributed by atoms with Gasteiger partial charge in [-0.2, -0.15) is 0 Å². The molecular weight excluding hydrogens is 631 g/mol. The van der Waals surface area contributed by atoms with Crippen LogP contribution in [0.1, 0.15) is 148 Å². The van der Waals surface area contributed by atoms with E-state index in [2.05, 4.69) is 115 Å². The van der Waals surface area contributed by atoms with E-state index in [1.165, 1.54) is 84.8 Å². The van der Waals surface area contributed by atoms with Gasteiger partial charge in [-0.1, -0.05) is 99.7 Å². The Morgan fingerprint density at radius 3 is 1.33 bits per heavy atom. The van der Waals surface area contributed by atoms with E-state index in [9.17, 15) is 0 Å². The van der Waals surface area contributed by atoms with Crippen molar-refractivity contribution in [3.05, 3.63) is 69.9 Å². The van der Waals surface area contributed by atoms with Crippen molar-refractivity contribution in [1.29, 1.82) is 0 Å². The smallest absolute Gasteiger partial charge is 1.00 e. The van der Waals surface area contributed by atoms with Crippen LogP contribution in [0.2, 0.25) is 0 Å². The fourth-order valence-corrected chi connectivity index (χ4v) is 4.30. The molecule has 0 aromatic heterocycles. The molecule has 1 heterocycles. The van der Waals surface area contributed by atoms with Gasteiger partial charge in [-0.05, 0) is 132 Å². The number of aliphatic hydroxyl groups is 1. The van der Waals surface area contributed by atoms with Crippen LogP contribution in [0.5, 0.6) is 0 Å². The van der Waals surface area contributed by atoms with Crippen LogP contribution in [0.3, 0.4) is 0 Å². The zero-order valence-corrected chi connectivity index (χ0v) is 35.4. The van der Waals surface area contributed by atoms with Gasteiger partial charge in [0.05, 0.1) is 6.61 Å². The van der Waals surface area contributed by atoms with Crippen molar-refractivity contribution >= 4 is 15.9 Å². The van der Waals surface area contributed by atoms with Gasteiger partial charge in [-0.15, -0.1) is 0 Å². The fourth-order valence-electron chi connectivity index (χ4n) is 3.75. The van der Waals surface area contributed by atoms with E-state index in [4.69, 9.17) is 14.6 Å². The fraction of sp³-hybridized carbons (Fsp3) is 0.700. The first-order valence-electron chi connectivity index (χ1n) is 17.2. The number of ether oxygens (including phenoxy) is 2. The van der Waals surface area contributed by atoms with Gasteiger partial charge in [0.25, 0.3) is 0 Å². The van der Waals surface area contributed by atoms with Crippen LogP contribution in [0, 0.1) is 0 Å². The van der Waals surface area contributed by atoms with Crippen molar-refractivity contribution in [2.24, 2.45) is 0 Å². The van der Waals surface area contributed by atoms with Crippen LogP contribution >= 0.6 is 15.9 Å². The van der Waals surface area contributed by atoms with Crippen LogP contribution in [-0.2, 0) is 9.47 Å². The third kappa shape index (κ3) is 50.8. The van der Waals surface area contributed by atoms with E-state index in [0.717, 1.165) is 57.4 Å². The molecule has 3 nitrogen and oxygen atoms in total. The Morgan fingerprint density at radius 1 is 0.644 bits per heavy atom. The number of hydrogen-bond acceptors (Lipinski definition) is 3. The molecule has 45 heavy (non-hydrogen) atoms. The molecule has 0 spiro atoms. The molecule has 1 aliphatic rings. The zero-order chi connectivity index (χ0) is 33.8. The third-order valence-corrected chi connectivity index (χ3v) is 6.94. The summed E-state index contributed by atoms with van der Waals surface area (Å²) in [6, 6.07) is 0. The average molecular weight is 706 g/mol. The molecule has 0 unspecified atom stereocenters. The summed E-state index contributed by atoms with van der Waals surface area (Å²) < 4.78 is 10.4. The Balaban J connectivity index is -0.000000186. The maximum absolute atomic E-state index is 7.88. The summed E-state index contributed by atoms with van der Waals surface area (Å²) in [6.45, 7) is 25.5. The maximum Gasteiger partial charge on any atom is 1.00 e. The van der Waals surface area contributed by atoms with Crippen molar-refractivity contribution in [2.45, 2.75) is 146 Å². The summed E-state index contributed by atoms with van der Waals surface area (Å²) in [6.07, 6.45) is 27.8. The molecule has 1 aliphatic heterocycles. The van der Waals surface area contributed by atoms with Crippen LogP contribution in [-0.4, -0.2) is 43.5 Å². The Morgan fingerprint density at radius 2 is 1.02 bits per heavy atom. The number of alkyl halides is 1. The minimum Gasteiger partial charge on any atom is -1.00 e. The van der Waals surface area contributed by atoms with Gasteiger partial charge in [-0.3, -0.25) is 0 Å². The van der Waals surface area contributed by atoms with Crippen molar-refractivity contribution in [3.63, 3.8) is 0 Å². The van der Waals surface area contributed by atoms with Crippen molar-refractivity contribution in [3.8, 4) is 0 Å². The molecule has 5 heteroatoms. The molecule has 1 fully saturated rings. The first-order valence-corrected chi connectivity index (χ1v) is 18.4. The SMILES string of the molecule is C1CCOC1.CC(C)=CCC/C(C)=C/CC/C(C)=C/CBr.CCCO.CCCOC/C=C(\C)CC/C=C(\C)CCC=C(C)C.[H-].[Na+]. The molecule has 1 saturated heterocycles. The van der Waals surface area contributed by atoms with E-state index in [1.807, 2.05) is 6.92 Å². The van der Waals surface area contributed by atoms with Crippen molar-refractivity contribution in [2.75, 3.05) is 38.4 Å².